The number of fused-ring (bicyclic) bond motifs is 7. The molecule has 4 fully saturated rings. The maximum absolute atomic E-state index is 12.4. The monoisotopic (exact) mass is 756 g/mol. The molecule has 2 aromatic rings. The third-order valence-corrected chi connectivity index (χ3v) is 15.6. The molecule has 55 heavy (non-hydrogen) atoms. The van der Waals surface area contributed by atoms with E-state index in [2.05, 4.69) is 34.6 Å². The van der Waals surface area contributed by atoms with Crippen LogP contribution in [0.15, 0.2) is 36.4 Å². The molecular weight excluding hydrogens is 700 g/mol. The quantitative estimate of drug-likeness (QED) is 0.0734. The molecule has 0 amide bonds. The molecule has 0 radical (unpaired) electrons. The maximum Gasteiger partial charge on any atom is 0.347 e. The van der Waals surface area contributed by atoms with Crippen molar-refractivity contribution < 1.29 is 48.3 Å². The highest BCUT2D eigenvalue weighted by Crippen LogP contribution is 2.69. The van der Waals surface area contributed by atoms with E-state index < -0.39 is 30.0 Å². The molecule has 11 unspecified atom stereocenters. The van der Waals surface area contributed by atoms with E-state index in [0.29, 0.717) is 40.4 Å². The topological polar surface area (TPSA) is 135 Å². The van der Waals surface area contributed by atoms with E-state index in [9.17, 15) is 24.4 Å². The zero-order valence-corrected chi connectivity index (χ0v) is 32.8. The van der Waals surface area contributed by atoms with Gasteiger partial charge in [0.15, 0.2) is 6.79 Å². The summed E-state index contributed by atoms with van der Waals surface area (Å²) >= 11 is 0. The fourth-order valence-electron chi connectivity index (χ4n) is 12.8. The molecule has 1 N–H and O–H groups in total. The molecule has 8 rings (SSSR count). The smallest absolute Gasteiger partial charge is 0.347 e. The van der Waals surface area contributed by atoms with Crippen LogP contribution in [-0.2, 0) is 19.1 Å². The van der Waals surface area contributed by atoms with Crippen LogP contribution in [0, 0.1) is 58.2 Å². The van der Waals surface area contributed by atoms with Crippen LogP contribution in [0.3, 0.4) is 0 Å². The Hall–Kier alpha value is -3.60. The summed E-state index contributed by atoms with van der Waals surface area (Å²) in [4.78, 5) is 54.1. The number of carbonyl (C=O) groups is 4. The van der Waals surface area contributed by atoms with Crippen molar-refractivity contribution in [1.82, 2.24) is 0 Å². The summed E-state index contributed by atoms with van der Waals surface area (Å²) in [6.07, 6.45) is 11.6. The standard InChI is InChI=1S/C45H56O10/c1-24(2)7-6-8-25(3)34-13-14-35-33-22-38(52-23-51-28-10-12-30-32(21-28)43(49)54-41(30)47)37-20-27(15-17-45(37,5)36(33)16-18-44(34,35)4)39(55-50)26-9-11-29-31(19-26)42(48)53-40(29)46/h9-12,19,21,24-25,27,33-39,50H,6-8,13-18,20,22-23H2,1-5H3. The number of carbonyl (C=O) groups excluding carboxylic acids is 4. The van der Waals surface area contributed by atoms with Crippen molar-refractivity contribution >= 4 is 23.9 Å². The average molecular weight is 757 g/mol. The molecule has 4 aliphatic carbocycles. The predicted octanol–water partition coefficient (Wildman–Crippen LogP) is 9.61. The van der Waals surface area contributed by atoms with Gasteiger partial charge in [-0.05, 0) is 145 Å². The summed E-state index contributed by atoms with van der Waals surface area (Å²) in [6, 6.07) is 9.71. The lowest BCUT2D eigenvalue weighted by atomic mass is 9.43. The van der Waals surface area contributed by atoms with E-state index in [1.807, 2.05) is 0 Å². The third-order valence-electron chi connectivity index (χ3n) is 15.6. The van der Waals surface area contributed by atoms with Crippen molar-refractivity contribution in [3.8, 4) is 5.75 Å². The molecule has 0 saturated heterocycles. The minimum atomic E-state index is -0.690. The summed E-state index contributed by atoms with van der Waals surface area (Å²) in [5.74, 6) is 1.75. The average Bonchev–Trinajstić information content (AvgIpc) is 3.76. The lowest BCUT2D eigenvalue weighted by Gasteiger charge is -2.63. The van der Waals surface area contributed by atoms with Crippen molar-refractivity contribution in [3.63, 3.8) is 0 Å². The second-order valence-corrected chi connectivity index (χ2v) is 18.6. The molecule has 0 aromatic heterocycles. The van der Waals surface area contributed by atoms with Crippen molar-refractivity contribution in [2.75, 3.05) is 6.79 Å². The van der Waals surface area contributed by atoms with Crippen LogP contribution in [0.2, 0.25) is 0 Å². The van der Waals surface area contributed by atoms with Crippen LogP contribution >= 0.6 is 0 Å². The number of rotatable bonds is 12. The molecule has 296 valence electrons. The molecule has 2 heterocycles. The van der Waals surface area contributed by atoms with Crippen LogP contribution in [0.25, 0.3) is 0 Å². The van der Waals surface area contributed by atoms with E-state index in [1.165, 1.54) is 44.9 Å². The highest BCUT2D eigenvalue weighted by Gasteiger charge is 2.63. The Morgan fingerprint density at radius 1 is 0.745 bits per heavy atom. The zero-order valence-electron chi connectivity index (χ0n) is 32.8. The van der Waals surface area contributed by atoms with E-state index in [1.54, 1.807) is 36.4 Å². The minimum Gasteiger partial charge on any atom is -0.468 e. The van der Waals surface area contributed by atoms with Crippen LogP contribution < -0.4 is 4.74 Å². The summed E-state index contributed by atoms with van der Waals surface area (Å²) in [5, 5.41) is 10.4. The molecule has 10 heteroatoms. The highest BCUT2D eigenvalue weighted by molar-refractivity contribution is 6.15. The van der Waals surface area contributed by atoms with Gasteiger partial charge in [-0.25, -0.2) is 24.1 Å². The second-order valence-electron chi connectivity index (χ2n) is 18.6. The fourth-order valence-corrected chi connectivity index (χ4v) is 12.8. The molecule has 0 bridgehead atoms. The first-order chi connectivity index (χ1) is 26.3. The Morgan fingerprint density at radius 3 is 2.11 bits per heavy atom. The first-order valence-corrected chi connectivity index (χ1v) is 20.7. The number of ether oxygens (including phenoxy) is 4. The van der Waals surface area contributed by atoms with Gasteiger partial charge >= 0.3 is 23.9 Å². The Kier molecular flexibility index (Phi) is 10.2. The van der Waals surface area contributed by atoms with E-state index in [-0.39, 0.29) is 52.4 Å². The van der Waals surface area contributed by atoms with Crippen LogP contribution in [0.4, 0.5) is 0 Å². The summed E-state index contributed by atoms with van der Waals surface area (Å²) < 4.78 is 22.5. The molecule has 2 aliphatic heterocycles. The van der Waals surface area contributed by atoms with Gasteiger partial charge in [-0.3, -0.25) is 5.26 Å². The van der Waals surface area contributed by atoms with E-state index in [4.69, 9.17) is 23.8 Å². The van der Waals surface area contributed by atoms with Gasteiger partial charge in [-0.2, -0.15) is 0 Å². The van der Waals surface area contributed by atoms with Gasteiger partial charge in [0.2, 0.25) is 0 Å². The van der Waals surface area contributed by atoms with Crippen molar-refractivity contribution in [2.24, 2.45) is 58.2 Å². The molecule has 4 saturated carbocycles. The summed E-state index contributed by atoms with van der Waals surface area (Å²) in [6.45, 7) is 12.2. The number of hydrogen-bond acceptors (Lipinski definition) is 10. The number of benzene rings is 2. The molecular formula is C45H56O10. The SMILES string of the molecule is CC(C)CCCC(C)C1CCC2C3CC(OCOc4ccc5c(c4)C(=O)OC5=O)C4CC(C(OO)c5ccc6c(c5)C(=O)OC6=O)CCC4(C)C3CCC12C. The van der Waals surface area contributed by atoms with Gasteiger partial charge in [0.05, 0.1) is 28.4 Å². The largest absolute Gasteiger partial charge is 0.468 e. The first kappa shape index (κ1) is 38.3. The van der Waals surface area contributed by atoms with Crippen LogP contribution in [-0.4, -0.2) is 42.0 Å². The van der Waals surface area contributed by atoms with Gasteiger partial charge < -0.3 is 18.9 Å². The lowest BCUT2D eigenvalue weighted by molar-refractivity contribution is -0.302. The van der Waals surface area contributed by atoms with Crippen molar-refractivity contribution in [1.29, 1.82) is 0 Å². The van der Waals surface area contributed by atoms with E-state index in [0.717, 1.165) is 37.5 Å². The third kappa shape index (κ3) is 6.63. The Morgan fingerprint density at radius 2 is 1.40 bits per heavy atom. The van der Waals surface area contributed by atoms with Gasteiger partial charge in [-0.15, -0.1) is 0 Å². The number of cyclic esters (lactones) is 4. The maximum atomic E-state index is 12.4. The fraction of sp³-hybridized carbons (Fsp3) is 0.644. The highest BCUT2D eigenvalue weighted by atomic mass is 17.1. The zero-order chi connectivity index (χ0) is 38.8. The molecule has 2 aromatic carbocycles. The van der Waals surface area contributed by atoms with Crippen molar-refractivity contribution in [3.05, 3.63) is 64.2 Å². The lowest BCUT2D eigenvalue weighted by Crippen LogP contribution is -2.58. The van der Waals surface area contributed by atoms with E-state index >= 15 is 0 Å². The minimum absolute atomic E-state index is 0.00175. The molecule has 6 aliphatic rings. The first-order valence-electron chi connectivity index (χ1n) is 20.7. The van der Waals surface area contributed by atoms with Crippen molar-refractivity contribution in [2.45, 2.75) is 117 Å². The van der Waals surface area contributed by atoms with Crippen LogP contribution in [0.5, 0.6) is 5.75 Å². The molecule has 11 atom stereocenters. The molecule has 10 nitrogen and oxygen atoms in total. The van der Waals surface area contributed by atoms with Gasteiger partial charge in [0.1, 0.15) is 11.9 Å². The Bertz CT molecular complexity index is 1850. The Labute approximate surface area is 323 Å². The van der Waals surface area contributed by atoms with Gasteiger partial charge in [-0.1, -0.05) is 59.9 Å². The van der Waals surface area contributed by atoms with Crippen LogP contribution in [0.1, 0.15) is 158 Å². The van der Waals surface area contributed by atoms with Gasteiger partial charge in [0.25, 0.3) is 0 Å². The summed E-state index contributed by atoms with van der Waals surface area (Å²) in [7, 11) is 0. The number of hydrogen-bond donors (Lipinski definition) is 1. The normalized spacial score (nSPS) is 34.6. The number of esters is 4. The second kappa shape index (κ2) is 14.7. The van der Waals surface area contributed by atoms with Gasteiger partial charge in [0, 0.05) is 0 Å². The summed E-state index contributed by atoms with van der Waals surface area (Å²) in [5.41, 5.74) is 1.79. The Balaban J connectivity index is 1.05. The molecule has 0 spiro atoms. The predicted molar refractivity (Wildman–Crippen MR) is 201 cm³/mol.